The van der Waals surface area contributed by atoms with E-state index in [4.69, 9.17) is 11.6 Å². The highest BCUT2D eigenvalue weighted by Crippen LogP contribution is 2.26. The smallest absolute Gasteiger partial charge is 0.254 e. The van der Waals surface area contributed by atoms with Gasteiger partial charge >= 0.3 is 0 Å². The number of hydrogen-bond acceptors (Lipinski definition) is 1. The van der Waals surface area contributed by atoms with Crippen LogP contribution in [-0.4, -0.2) is 23.4 Å². The van der Waals surface area contributed by atoms with Gasteiger partial charge in [0, 0.05) is 27.6 Å². The minimum atomic E-state index is 0.0741. The molecule has 1 fully saturated rings. The van der Waals surface area contributed by atoms with E-state index >= 15 is 0 Å². The minimum Gasteiger partial charge on any atom is -0.336 e. The van der Waals surface area contributed by atoms with Gasteiger partial charge in [0.1, 0.15) is 0 Å². The second-order valence-electron chi connectivity index (χ2n) is 4.81. The Bertz CT molecular complexity index is 429. The molecule has 2 rings (SSSR count). The van der Waals surface area contributed by atoms with Crippen LogP contribution in [0, 0.1) is 5.92 Å². The summed E-state index contributed by atoms with van der Waals surface area (Å²) >= 11 is 9.33. The van der Waals surface area contributed by atoms with E-state index in [1.807, 2.05) is 11.0 Å². The summed E-state index contributed by atoms with van der Waals surface area (Å²) in [7, 11) is 0. The van der Waals surface area contributed by atoms with Crippen molar-refractivity contribution in [3.8, 4) is 0 Å². The van der Waals surface area contributed by atoms with Crippen LogP contribution in [0.2, 0.25) is 5.02 Å². The highest BCUT2D eigenvalue weighted by molar-refractivity contribution is 9.10. The molecule has 0 radical (unpaired) electrons. The normalized spacial score (nSPS) is 24.1. The van der Waals surface area contributed by atoms with Crippen molar-refractivity contribution in [3.63, 3.8) is 0 Å². The fourth-order valence-corrected chi connectivity index (χ4v) is 3.29. The average molecular weight is 317 g/mol. The molecule has 17 heavy (non-hydrogen) atoms. The molecule has 0 N–H and O–H groups in total. The second kappa shape index (κ2) is 4.99. The Morgan fingerprint density at radius 3 is 2.65 bits per heavy atom. The van der Waals surface area contributed by atoms with Gasteiger partial charge in [0.15, 0.2) is 0 Å². The number of likely N-dealkylation sites (tertiary alicyclic amines) is 1. The van der Waals surface area contributed by atoms with E-state index in [-0.39, 0.29) is 5.91 Å². The molecule has 1 aliphatic heterocycles. The largest absolute Gasteiger partial charge is 0.336 e. The molecule has 1 aliphatic rings. The molecule has 2 unspecified atom stereocenters. The van der Waals surface area contributed by atoms with Gasteiger partial charge in [0.05, 0.1) is 0 Å². The first-order valence-electron chi connectivity index (χ1n) is 5.74. The van der Waals surface area contributed by atoms with Gasteiger partial charge in [-0.3, -0.25) is 4.79 Å². The summed E-state index contributed by atoms with van der Waals surface area (Å²) in [4.78, 5) is 14.3. The first kappa shape index (κ1) is 12.9. The third-order valence-corrected chi connectivity index (χ3v) is 3.83. The number of nitrogens with zero attached hydrogens (tertiary/aromatic N) is 1. The van der Waals surface area contributed by atoms with Crippen LogP contribution in [-0.2, 0) is 0 Å². The van der Waals surface area contributed by atoms with Crippen LogP contribution < -0.4 is 0 Å². The topological polar surface area (TPSA) is 20.3 Å². The van der Waals surface area contributed by atoms with Crippen molar-refractivity contribution in [2.75, 3.05) is 6.54 Å². The molecule has 2 nitrogen and oxygen atoms in total. The molecular weight excluding hydrogens is 302 g/mol. The summed E-state index contributed by atoms with van der Waals surface area (Å²) in [5.74, 6) is 0.654. The zero-order chi connectivity index (χ0) is 12.6. The predicted molar refractivity (Wildman–Crippen MR) is 73.4 cm³/mol. The molecule has 0 aliphatic carbocycles. The lowest BCUT2D eigenvalue weighted by atomic mass is 10.1. The first-order chi connectivity index (χ1) is 7.97. The van der Waals surface area contributed by atoms with E-state index in [0.29, 0.717) is 22.5 Å². The lowest BCUT2D eigenvalue weighted by molar-refractivity contribution is 0.0743. The van der Waals surface area contributed by atoms with Crippen molar-refractivity contribution >= 4 is 33.4 Å². The summed E-state index contributed by atoms with van der Waals surface area (Å²) in [6, 6.07) is 5.65. The summed E-state index contributed by atoms with van der Waals surface area (Å²) in [6.07, 6.45) is 1.08. The summed E-state index contributed by atoms with van der Waals surface area (Å²) < 4.78 is 0.841. The number of halogens is 2. The fraction of sp³-hybridized carbons (Fsp3) is 0.462. The summed E-state index contributed by atoms with van der Waals surface area (Å²) in [5, 5.41) is 0.586. The molecule has 1 amide bonds. The minimum absolute atomic E-state index is 0.0741. The van der Waals surface area contributed by atoms with Crippen molar-refractivity contribution in [2.45, 2.75) is 26.3 Å². The van der Waals surface area contributed by atoms with Crippen molar-refractivity contribution in [1.29, 1.82) is 0 Å². The lowest BCUT2D eigenvalue weighted by Gasteiger charge is -2.21. The van der Waals surface area contributed by atoms with E-state index in [9.17, 15) is 4.79 Å². The first-order valence-corrected chi connectivity index (χ1v) is 6.91. The molecule has 0 spiro atoms. The molecule has 1 saturated heterocycles. The highest BCUT2D eigenvalue weighted by atomic mass is 79.9. The number of carbonyl (C=O) groups excluding carboxylic acids is 1. The second-order valence-corrected chi connectivity index (χ2v) is 6.16. The third kappa shape index (κ3) is 2.83. The van der Waals surface area contributed by atoms with Gasteiger partial charge in [-0.1, -0.05) is 34.5 Å². The number of amides is 1. The molecule has 1 aromatic rings. The quantitative estimate of drug-likeness (QED) is 0.767. The van der Waals surface area contributed by atoms with Crippen molar-refractivity contribution in [3.05, 3.63) is 33.3 Å². The van der Waals surface area contributed by atoms with E-state index in [0.717, 1.165) is 17.4 Å². The fourth-order valence-electron chi connectivity index (χ4n) is 2.43. The molecule has 1 aromatic carbocycles. The maximum atomic E-state index is 12.4. The maximum absolute atomic E-state index is 12.4. The van der Waals surface area contributed by atoms with Crippen LogP contribution in [0.4, 0.5) is 0 Å². The van der Waals surface area contributed by atoms with Gasteiger partial charge in [-0.2, -0.15) is 0 Å². The molecule has 92 valence electrons. The number of hydrogen-bond donors (Lipinski definition) is 0. The monoisotopic (exact) mass is 315 g/mol. The van der Waals surface area contributed by atoms with E-state index < -0.39 is 0 Å². The van der Waals surface area contributed by atoms with Crippen LogP contribution in [0.3, 0.4) is 0 Å². The van der Waals surface area contributed by atoms with Crippen LogP contribution in [0.25, 0.3) is 0 Å². The van der Waals surface area contributed by atoms with Crippen LogP contribution >= 0.6 is 27.5 Å². The zero-order valence-electron chi connectivity index (χ0n) is 9.91. The SMILES string of the molecule is CC1CC(C)N(C(=O)c2cc(Cl)cc(Br)c2)C1. The van der Waals surface area contributed by atoms with Gasteiger partial charge < -0.3 is 4.90 Å². The molecule has 2 atom stereocenters. The maximum Gasteiger partial charge on any atom is 0.254 e. The Morgan fingerprint density at radius 1 is 1.41 bits per heavy atom. The average Bonchev–Trinajstić information content (AvgIpc) is 2.55. The molecule has 4 heteroatoms. The Hall–Kier alpha value is -0.540. The molecule has 0 aromatic heterocycles. The van der Waals surface area contributed by atoms with Crippen molar-refractivity contribution in [1.82, 2.24) is 4.90 Å². The van der Waals surface area contributed by atoms with Crippen LogP contribution in [0.15, 0.2) is 22.7 Å². The van der Waals surface area contributed by atoms with Gasteiger partial charge in [0.2, 0.25) is 0 Å². The molecule has 1 heterocycles. The van der Waals surface area contributed by atoms with Crippen molar-refractivity contribution < 1.29 is 4.79 Å². The molecule has 0 saturated carbocycles. The van der Waals surface area contributed by atoms with Gasteiger partial charge in [-0.05, 0) is 37.5 Å². The molecule has 0 bridgehead atoms. The summed E-state index contributed by atoms with van der Waals surface area (Å²) in [6.45, 7) is 5.11. The van der Waals surface area contributed by atoms with Gasteiger partial charge in [-0.15, -0.1) is 0 Å². The van der Waals surface area contributed by atoms with E-state index in [1.165, 1.54) is 0 Å². The van der Waals surface area contributed by atoms with E-state index in [1.54, 1.807) is 12.1 Å². The third-order valence-electron chi connectivity index (χ3n) is 3.15. The number of rotatable bonds is 1. The predicted octanol–water partition coefficient (Wildman–Crippen LogP) is 3.97. The number of carbonyl (C=O) groups is 1. The number of benzene rings is 1. The Balaban J connectivity index is 2.25. The van der Waals surface area contributed by atoms with Crippen LogP contribution in [0.5, 0.6) is 0 Å². The Labute approximate surface area is 115 Å². The standard InChI is InChI=1S/C13H15BrClNO/c1-8-3-9(2)16(7-8)13(17)10-4-11(14)6-12(15)5-10/h4-6,8-9H,3,7H2,1-2H3. The van der Waals surface area contributed by atoms with Gasteiger partial charge in [-0.25, -0.2) is 0 Å². The summed E-state index contributed by atoms with van der Waals surface area (Å²) in [5.41, 5.74) is 0.658. The van der Waals surface area contributed by atoms with Crippen LogP contribution in [0.1, 0.15) is 30.6 Å². The highest BCUT2D eigenvalue weighted by Gasteiger charge is 2.30. The van der Waals surface area contributed by atoms with Gasteiger partial charge in [0.25, 0.3) is 5.91 Å². The Kier molecular flexibility index (Phi) is 3.79. The Morgan fingerprint density at radius 2 is 2.12 bits per heavy atom. The zero-order valence-corrected chi connectivity index (χ0v) is 12.3. The molecular formula is C13H15BrClNO. The lowest BCUT2D eigenvalue weighted by Crippen LogP contribution is -2.33. The van der Waals surface area contributed by atoms with Crippen molar-refractivity contribution in [2.24, 2.45) is 5.92 Å². The van der Waals surface area contributed by atoms with E-state index in [2.05, 4.69) is 29.8 Å².